The molecule has 0 aliphatic carbocycles. The molecule has 6 heteroatoms. The predicted octanol–water partition coefficient (Wildman–Crippen LogP) is 2.69. The second kappa shape index (κ2) is 3.91. The Bertz CT molecular complexity index is 349. The molecule has 76 valence electrons. The van der Waals surface area contributed by atoms with Crippen molar-refractivity contribution in [3.63, 3.8) is 0 Å². The number of alkyl halides is 3. The monoisotopic (exact) mass is 220 g/mol. The van der Waals surface area contributed by atoms with Crippen molar-refractivity contribution in [3.8, 4) is 0 Å². The third kappa shape index (κ3) is 2.95. The maximum Gasteiger partial charge on any atom is 0.416 e. The van der Waals surface area contributed by atoms with Gasteiger partial charge in [0.05, 0.1) is 5.56 Å². The lowest BCUT2D eigenvalue weighted by Gasteiger charge is -2.07. The molecule has 1 aromatic rings. The number of thioether (sulfide) groups is 1. The molecule has 2 nitrogen and oxygen atoms in total. The van der Waals surface area contributed by atoms with Crippen LogP contribution in [0.15, 0.2) is 29.2 Å². The maximum atomic E-state index is 12.2. The zero-order valence-electron chi connectivity index (χ0n) is 6.93. The SMILES string of the molecule is N=C(N)Sc1cccc(C(F)(F)F)c1. The van der Waals surface area contributed by atoms with Crippen LogP contribution in [0.5, 0.6) is 0 Å². The first-order valence-electron chi connectivity index (χ1n) is 3.59. The van der Waals surface area contributed by atoms with Gasteiger partial charge in [0.2, 0.25) is 0 Å². The van der Waals surface area contributed by atoms with Crippen LogP contribution in [-0.2, 0) is 6.18 Å². The van der Waals surface area contributed by atoms with Crippen molar-refractivity contribution < 1.29 is 13.2 Å². The Labute approximate surface area is 82.8 Å². The van der Waals surface area contributed by atoms with Crippen LogP contribution in [0.25, 0.3) is 0 Å². The van der Waals surface area contributed by atoms with Gasteiger partial charge in [0.1, 0.15) is 0 Å². The number of nitrogens with two attached hydrogens (primary N) is 1. The summed E-state index contributed by atoms with van der Waals surface area (Å²) < 4.78 is 36.6. The van der Waals surface area contributed by atoms with Crippen molar-refractivity contribution in [1.29, 1.82) is 5.41 Å². The molecule has 0 unspecified atom stereocenters. The van der Waals surface area contributed by atoms with Gasteiger partial charge in [-0.2, -0.15) is 13.2 Å². The molecule has 0 aromatic heterocycles. The fourth-order valence-corrected chi connectivity index (χ4v) is 1.45. The Morgan fingerprint density at radius 2 is 2.00 bits per heavy atom. The molecule has 0 amide bonds. The summed E-state index contributed by atoms with van der Waals surface area (Å²) >= 11 is 0.790. The first kappa shape index (κ1) is 10.9. The van der Waals surface area contributed by atoms with Crippen LogP contribution in [-0.4, -0.2) is 5.17 Å². The van der Waals surface area contributed by atoms with Gasteiger partial charge in [-0.25, -0.2) is 0 Å². The average Bonchev–Trinajstić information content (AvgIpc) is 2.01. The zero-order chi connectivity index (χ0) is 10.8. The van der Waals surface area contributed by atoms with Gasteiger partial charge in [0, 0.05) is 4.90 Å². The van der Waals surface area contributed by atoms with E-state index in [4.69, 9.17) is 11.1 Å². The van der Waals surface area contributed by atoms with Gasteiger partial charge in [0.25, 0.3) is 0 Å². The number of hydrogen-bond donors (Lipinski definition) is 2. The van der Waals surface area contributed by atoms with E-state index in [9.17, 15) is 13.2 Å². The molecule has 0 spiro atoms. The lowest BCUT2D eigenvalue weighted by atomic mass is 10.2. The molecule has 3 N–H and O–H groups in total. The van der Waals surface area contributed by atoms with Crippen LogP contribution in [0.3, 0.4) is 0 Å². The largest absolute Gasteiger partial charge is 0.416 e. The van der Waals surface area contributed by atoms with Crippen LogP contribution < -0.4 is 5.73 Å². The van der Waals surface area contributed by atoms with Gasteiger partial charge in [-0.05, 0) is 18.2 Å². The molecule has 0 fully saturated rings. The Hall–Kier alpha value is -1.17. The van der Waals surface area contributed by atoms with Gasteiger partial charge < -0.3 is 5.73 Å². The van der Waals surface area contributed by atoms with Gasteiger partial charge >= 0.3 is 6.18 Å². The number of nitrogens with one attached hydrogen (secondary N) is 1. The first-order valence-corrected chi connectivity index (χ1v) is 4.40. The highest BCUT2D eigenvalue weighted by atomic mass is 32.2. The fourth-order valence-electron chi connectivity index (χ4n) is 0.863. The number of amidine groups is 1. The van der Waals surface area contributed by atoms with E-state index in [0.717, 1.165) is 23.9 Å². The lowest BCUT2D eigenvalue weighted by molar-refractivity contribution is -0.137. The minimum Gasteiger partial charge on any atom is -0.378 e. The second-order valence-corrected chi connectivity index (χ2v) is 3.61. The molecule has 0 aliphatic rings. The van der Waals surface area contributed by atoms with Gasteiger partial charge in [-0.15, -0.1) is 0 Å². The van der Waals surface area contributed by atoms with Gasteiger partial charge in [-0.1, -0.05) is 17.8 Å². The molecular weight excluding hydrogens is 213 g/mol. The third-order valence-corrected chi connectivity index (χ3v) is 2.10. The number of benzene rings is 1. The highest BCUT2D eigenvalue weighted by molar-refractivity contribution is 8.13. The van der Waals surface area contributed by atoms with E-state index in [2.05, 4.69) is 0 Å². The first-order chi connectivity index (χ1) is 6.39. The zero-order valence-corrected chi connectivity index (χ0v) is 7.75. The number of halogens is 3. The van der Waals surface area contributed by atoms with Crippen molar-refractivity contribution in [3.05, 3.63) is 29.8 Å². The van der Waals surface area contributed by atoms with Crippen molar-refractivity contribution in [2.24, 2.45) is 5.73 Å². The molecule has 0 saturated heterocycles. The van der Waals surface area contributed by atoms with Crippen LogP contribution in [0.1, 0.15) is 5.56 Å². The molecule has 0 saturated carbocycles. The fraction of sp³-hybridized carbons (Fsp3) is 0.125. The van der Waals surface area contributed by atoms with E-state index < -0.39 is 11.7 Å². The molecule has 1 rings (SSSR count). The molecule has 0 aliphatic heterocycles. The minimum absolute atomic E-state index is 0.232. The average molecular weight is 220 g/mol. The molecule has 0 heterocycles. The molecule has 14 heavy (non-hydrogen) atoms. The second-order valence-electron chi connectivity index (χ2n) is 2.49. The van der Waals surface area contributed by atoms with Gasteiger partial charge in [0.15, 0.2) is 5.17 Å². The molecule has 1 aromatic carbocycles. The summed E-state index contributed by atoms with van der Waals surface area (Å²) in [6.45, 7) is 0. The smallest absolute Gasteiger partial charge is 0.378 e. The topological polar surface area (TPSA) is 49.9 Å². The quantitative estimate of drug-likeness (QED) is 0.434. The van der Waals surface area contributed by atoms with Crippen LogP contribution in [0, 0.1) is 5.41 Å². The summed E-state index contributed by atoms with van der Waals surface area (Å²) in [4.78, 5) is 0.312. The van der Waals surface area contributed by atoms with Crippen molar-refractivity contribution in [2.75, 3.05) is 0 Å². The van der Waals surface area contributed by atoms with Crippen LogP contribution in [0.2, 0.25) is 0 Å². The summed E-state index contributed by atoms with van der Waals surface area (Å²) in [6.07, 6.45) is -4.35. The van der Waals surface area contributed by atoms with Crippen molar-refractivity contribution in [2.45, 2.75) is 11.1 Å². The highest BCUT2D eigenvalue weighted by Crippen LogP contribution is 2.31. The van der Waals surface area contributed by atoms with Gasteiger partial charge in [-0.3, -0.25) is 5.41 Å². The summed E-state index contributed by atoms with van der Waals surface area (Å²) in [6, 6.07) is 4.70. The summed E-state index contributed by atoms with van der Waals surface area (Å²) in [5, 5.41) is 6.69. The number of hydrogen-bond acceptors (Lipinski definition) is 2. The Morgan fingerprint density at radius 3 is 2.50 bits per heavy atom. The minimum atomic E-state index is -4.35. The van der Waals surface area contributed by atoms with Crippen molar-refractivity contribution in [1.82, 2.24) is 0 Å². The molecule has 0 atom stereocenters. The molecular formula is C8H7F3N2S. The van der Waals surface area contributed by atoms with E-state index in [1.807, 2.05) is 0 Å². The number of rotatable bonds is 1. The van der Waals surface area contributed by atoms with Crippen molar-refractivity contribution >= 4 is 16.9 Å². The predicted molar refractivity (Wildman–Crippen MR) is 49.2 cm³/mol. The summed E-state index contributed by atoms with van der Waals surface area (Å²) in [7, 11) is 0. The Kier molecular flexibility index (Phi) is 3.05. The van der Waals surface area contributed by atoms with E-state index in [1.165, 1.54) is 12.1 Å². The van der Waals surface area contributed by atoms with E-state index >= 15 is 0 Å². The Morgan fingerprint density at radius 1 is 1.36 bits per heavy atom. The summed E-state index contributed by atoms with van der Waals surface area (Å²) in [5.74, 6) is 0. The standard InChI is InChI=1S/C8H7F3N2S/c9-8(10,11)5-2-1-3-6(4-5)14-7(12)13/h1-4H,(H3,12,13). The van der Waals surface area contributed by atoms with Crippen LogP contribution >= 0.6 is 11.8 Å². The third-order valence-electron chi connectivity index (χ3n) is 1.39. The molecule has 0 bridgehead atoms. The van der Waals surface area contributed by atoms with Crippen LogP contribution in [0.4, 0.5) is 13.2 Å². The highest BCUT2D eigenvalue weighted by Gasteiger charge is 2.30. The lowest BCUT2D eigenvalue weighted by Crippen LogP contribution is -2.06. The Balaban J connectivity index is 2.95. The molecule has 0 radical (unpaired) electrons. The normalized spacial score (nSPS) is 11.4. The maximum absolute atomic E-state index is 12.2. The van der Waals surface area contributed by atoms with E-state index in [1.54, 1.807) is 0 Å². The summed E-state index contributed by atoms with van der Waals surface area (Å²) in [5.41, 5.74) is 4.32. The van der Waals surface area contributed by atoms with E-state index in [0.29, 0.717) is 4.90 Å². The van der Waals surface area contributed by atoms with E-state index in [-0.39, 0.29) is 5.17 Å².